The third-order valence-electron chi connectivity index (χ3n) is 5.50. The highest BCUT2D eigenvalue weighted by atomic mass is 16.5. The van der Waals surface area contributed by atoms with Gasteiger partial charge in [-0.25, -0.2) is 5.10 Å². The van der Waals surface area contributed by atoms with Gasteiger partial charge in [0.15, 0.2) is 17.1 Å². The zero-order valence-corrected chi connectivity index (χ0v) is 15.8. The highest BCUT2D eigenvalue weighted by Crippen LogP contribution is 2.40. The van der Waals surface area contributed by atoms with Crippen molar-refractivity contribution in [2.75, 3.05) is 18.9 Å². The molecular weight excluding hydrogens is 358 g/mol. The summed E-state index contributed by atoms with van der Waals surface area (Å²) in [5.74, 6) is 0.910. The van der Waals surface area contributed by atoms with Crippen LogP contribution < -0.4 is 11.3 Å². The molecule has 5 rings (SSSR count). The molecule has 0 radical (unpaired) electrons. The van der Waals surface area contributed by atoms with Gasteiger partial charge in [-0.3, -0.25) is 9.48 Å². The zero-order chi connectivity index (χ0) is 19.4. The summed E-state index contributed by atoms with van der Waals surface area (Å²) in [6, 6.07) is 6.18. The van der Waals surface area contributed by atoms with Crippen molar-refractivity contribution in [2.24, 2.45) is 0 Å². The monoisotopic (exact) mass is 379 g/mol. The molecule has 0 bridgehead atoms. The van der Waals surface area contributed by atoms with E-state index in [9.17, 15) is 4.79 Å². The third-order valence-corrected chi connectivity index (χ3v) is 5.50. The van der Waals surface area contributed by atoms with E-state index in [1.54, 1.807) is 0 Å². The number of nitrogens with zero attached hydrogens (tertiary/aromatic N) is 3. The Kier molecular flexibility index (Phi) is 3.77. The molecule has 0 saturated carbocycles. The summed E-state index contributed by atoms with van der Waals surface area (Å²) in [6.45, 7) is 5.38. The van der Waals surface area contributed by atoms with Crippen LogP contribution in [0.3, 0.4) is 0 Å². The molecule has 8 heteroatoms. The van der Waals surface area contributed by atoms with Crippen LogP contribution in [-0.2, 0) is 4.74 Å². The first kappa shape index (κ1) is 17.0. The maximum atomic E-state index is 12.4. The van der Waals surface area contributed by atoms with Crippen LogP contribution in [0.15, 0.2) is 27.4 Å². The van der Waals surface area contributed by atoms with E-state index in [-0.39, 0.29) is 22.9 Å². The van der Waals surface area contributed by atoms with E-state index >= 15 is 0 Å². The van der Waals surface area contributed by atoms with E-state index in [0.717, 1.165) is 34.9 Å². The van der Waals surface area contributed by atoms with Gasteiger partial charge in [0, 0.05) is 24.2 Å². The van der Waals surface area contributed by atoms with E-state index < -0.39 is 0 Å². The largest absolute Gasteiger partial charge is 0.454 e. The maximum absolute atomic E-state index is 12.4. The molecule has 4 aromatic rings. The number of benzene rings is 1. The second kappa shape index (κ2) is 6.20. The first-order valence-electron chi connectivity index (χ1n) is 9.39. The summed E-state index contributed by atoms with van der Waals surface area (Å²) in [7, 11) is 0. The first-order chi connectivity index (χ1) is 13.5. The van der Waals surface area contributed by atoms with Crippen molar-refractivity contribution in [1.82, 2.24) is 20.0 Å². The number of hydrogen-bond acceptors (Lipinski definition) is 6. The van der Waals surface area contributed by atoms with E-state index in [1.165, 1.54) is 0 Å². The quantitative estimate of drug-likeness (QED) is 0.553. The molecule has 0 aliphatic carbocycles. The molecule has 8 nitrogen and oxygen atoms in total. The Morgan fingerprint density at radius 1 is 1.25 bits per heavy atom. The number of rotatable bonds is 2. The van der Waals surface area contributed by atoms with Crippen molar-refractivity contribution in [3.63, 3.8) is 0 Å². The summed E-state index contributed by atoms with van der Waals surface area (Å²) in [5.41, 5.74) is 9.75. The second-order valence-electron chi connectivity index (χ2n) is 7.35. The van der Waals surface area contributed by atoms with Gasteiger partial charge in [-0.05, 0) is 38.8 Å². The molecule has 1 fully saturated rings. The van der Waals surface area contributed by atoms with Gasteiger partial charge < -0.3 is 14.9 Å². The molecule has 3 N–H and O–H groups in total. The van der Waals surface area contributed by atoms with Crippen LogP contribution in [0.4, 0.5) is 5.82 Å². The average molecular weight is 379 g/mol. The number of furan rings is 1. The molecule has 1 aliphatic rings. The maximum Gasteiger partial charge on any atom is 0.292 e. The summed E-state index contributed by atoms with van der Waals surface area (Å²) >= 11 is 0. The minimum atomic E-state index is -0.360. The fourth-order valence-electron chi connectivity index (χ4n) is 4.03. The van der Waals surface area contributed by atoms with Crippen molar-refractivity contribution in [3.8, 4) is 11.5 Å². The Bertz CT molecular complexity index is 1260. The molecule has 0 unspecified atom stereocenters. The number of nitrogen functional groups attached to an aromatic ring is 1. The first-order valence-corrected chi connectivity index (χ1v) is 9.39. The molecule has 3 aromatic heterocycles. The highest BCUT2D eigenvalue weighted by Gasteiger charge is 2.28. The van der Waals surface area contributed by atoms with Crippen LogP contribution >= 0.6 is 0 Å². The normalized spacial score (nSPS) is 15.6. The second-order valence-corrected chi connectivity index (χ2v) is 7.35. The van der Waals surface area contributed by atoms with Gasteiger partial charge in [-0.1, -0.05) is 11.6 Å². The van der Waals surface area contributed by atoms with Crippen molar-refractivity contribution in [2.45, 2.75) is 32.7 Å². The van der Waals surface area contributed by atoms with Gasteiger partial charge in [-0.15, -0.1) is 0 Å². The van der Waals surface area contributed by atoms with Gasteiger partial charge in [0.2, 0.25) is 0 Å². The van der Waals surface area contributed by atoms with Gasteiger partial charge in [0.05, 0.1) is 11.4 Å². The van der Waals surface area contributed by atoms with Crippen molar-refractivity contribution in [3.05, 3.63) is 39.7 Å². The highest BCUT2D eigenvalue weighted by molar-refractivity contribution is 6.01. The Labute approximate surface area is 160 Å². The predicted molar refractivity (Wildman–Crippen MR) is 106 cm³/mol. The van der Waals surface area contributed by atoms with E-state index in [1.807, 2.05) is 23.7 Å². The van der Waals surface area contributed by atoms with Crippen LogP contribution in [0.1, 0.15) is 30.0 Å². The summed E-state index contributed by atoms with van der Waals surface area (Å²) in [6.07, 6.45) is 1.62. The van der Waals surface area contributed by atoms with Crippen LogP contribution in [0.2, 0.25) is 0 Å². The SMILES string of the molecule is Cc1ccc2oc(-c3c4c(N)n[nH]c(=O)c4nn3C3CCOCC3)c(C)c2c1. The number of aromatic amines is 1. The number of nitrogens with two attached hydrogens (primary N) is 1. The zero-order valence-electron chi connectivity index (χ0n) is 15.8. The number of aryl methyl sites for hydroxylation is 2. The van der Waals surface area contributed by atoms with Crippen LogP contribution in [0, 0.1) is 13.8 Å². The molecule has 1 saturated heterocycles. The number of hydrogen-bond donors (Lipinski definition) is 2. The molecule has 1 aliphatic heterocycles. The molecular formula is C20H21N5O3. The molecule has 0 atom stereocenters. The lowest BCUT2D eigenvalue weighted by molar-refractivity contribution is 0.0668. The Morgan fingerprint density at radius 2 is 2.04 bits per heavy atom. The molecule has 1 aromatic carbocycles. The van der Waals surface area contributed by atoms with Crippen LogP contribution in [0.25, 0.3) is 33.3 Å². The average Bonchev–Trinajstić information content (AvgIpc) is 3.25. The summed E-state index contributed by atoms with van der Waals surface area (Å²) < 4.78 is 13.6. The van der Waals surface area contributed by atoms with Gasteiger partial charge in [0.25, 0.3) is 5.56 Å². The molecule has 144 valence electrons. The number of anilines is 1. The minimum Gasteiger partial charge on any atom is -0.454 e. The Balaban J connectivity index is 1.86. The van der Waals surface area contributed by atoms with Crippen LogP contribution in [-0.4, -0.2) is 33.2 Å². The smallest absolute Gasteiger partial charge is 0.292 e. The summed E-state index contributed by atoms with van der Waals surface area (Å²) in [5, 5.41) is 12.6. The lowest BCUT2D eigenvalue weighted by Gasteiger charge is -2.24. The van der Waals surface area contributed by atoms with Crippen LogP contribution in [0.5, 0.6) is 0 Å². The van der Waals surface area contributed by atoms with Gasteiger partial charge in [-0.2, -0.15) is 10.2 Å². The lowest BCUT2D eigenvalue weighted by atomic mass is 10.1. The lowest BCUT2D eigenvalue weighted by Crippen LogP contribution is -2.21. The van der Waals surface area contributed by atoms with Crippen molar-refractivity contribution < 1.29 is 9.15 Å². The fraction of sp³-hybridized carbons (Fsp3) is 0.350. The van der Waals surface area contributed by atoms with Crippen molar-refractivity contribution in [1.29, 1.82) is 0 Å². The Hall–Kier alpha value is -3.13. The minimum absolute atomic E-state index is 0.101. The number of fused-ring (bicyclic) bond motifs is 2. The van der Waals surface area contributed by atoms with E-state index in [2.05, 4.69) is 28.3 Å². The Morgan fingerprint density at radius 3 is 2.82 bits per heavy atom. The number of nitrogens with one attached hydrogen (secondary N) is 1. The molecule has 4 heterocycles. The van der Waals surface area contributed by atoms with E-state index in [0.29, 0.717) is 30.1 Å². The molecule has 0 amide bonds. The fourth-order valence-corrected chi connectivity index (χ4v) is 4.03. The predicted octanol–water partition coefficient (Wildman–Crippen LogP) is 3.08. The third kappa shape index (κ3) is 2.45. The number of H-pyrrole nitrogens is 1. The molecule has 28 heavy (non-hydrogen) atoms. The number of aromatic nitrogens is 4. The van der Waals surface area contributed by atoms with E-state index in [4.69, 9.17) is 14.9 Å². The molecule has 0 spiro atoms. The number of ether oxygens (including phenoxy) is 1. The topological polar surface area (TPSA) is 112 Å². The van der Waals surface area contributed by atoms with Gasteiger partial charge in [0.1, 0.15) is 11.3 Å². The summed E-state index contributed by atoms with van der Waals surface area (Å²) in [4.78, 5) is 12.4. The standard InChI is InChI=1S/C20H21N5O3/c1-10-3-4-14-13(9-10)11(2)18(28-14)17-15-16(20(26)23-22-19(15)21)24-25(17)12-5-7-27-8-6-12/h3-4,9,12H,5-8H2,1-2H3,(H2,21,22)(H,23,26). The van der Waals surface area contributed by atoms with Crippen molar-refractivity contribution >= 4 is 27.7 Å². The van der Waals surface area contributed by atoms with Gasteiger partial charge >= 0.3 is 0 Å².